The fourth-order valence-corrected chi connectivity index (χ4v) is 3.91. The zero-order valence-corrected chi connectivity index (χ0v) is 13.1. The van der Waals surface area contributed by atoms with Gasteiger partial charge in [-0.25, -0.2) is 4.39 Å². The van der Waals surface area contributed by atoms with E-state index in [1.165, 1.54) is 12.8 Å². The molecule has 0 amide bonds. The summed E-state index contributed by atoms with van der Waals surface area (Å²) in [5.41, 5.74) is 0.784. The van der Waals surface area contributed by atoms with Crippen molar-refractivity contribution in [1.29, 1.82) is 0 Å². The highest BCUT2D eigenvalue weighted by molar-refractivity contribution is 5.26. The van der Waals surface area contributed by atoms with Crippen LogP contribution in [0, 0.1) is 11.7 Å². The van der Waals surface area contributed by atoms with Crippen molar-refractivity contribution in [1.82, 2.24) is 10.2 Å². The molecule has 2 rings (SSSR count). The summed E-state index contributed by atoms with van der Waals surface area (Å²) in [6.45, 7) is 2.31. The molecule has 3 atom stereocenters. The fourth-order valence-electron chi connectivity index (χ4n) is 3.91. The number of likely N-dealkylation sites (N-methyl/N-ethyl adjacent to an activating group) is 2. The van der Waals surface area contributed by atoms with E-state index in [9.17, 15) is 4.39 Å². The van der Waals surface area contributed by atoms with Crippen molar-refractivity contribution in [2.45, 2.75) is 44.2 Å². The van der Waals surface area contributed by atoms with E-state index in [1.54, 1.807) is 12.1 Å². The smallest absolute Gasteiger partial charge is 0.128 e. The summed E-state index contributed by atoms with van der Waals surface area (Å²) < 4.78 is 14.3. The first-order valence-corrected chi connectivity index (χ1v) is 7.60. The highest BCUT2D eigenvalue weighted by Crippen LogP contribution is 2.44. The second kappa shape index (κ2) is 6.23. The quantitative estimate of drug-likeness (QED) is 0.905. The molecule has 0 heterocycles. The van der Waals surface area contributed by atoms with Crippen LogP contribution in [0.3, 0.4) is 0 Å². The van der Waals surface area contributed by atoms with Gasteiger partial charge in [-0.15, -0.1) is 0 Å². The molecule has 1 aromatic carbocycles. The molecule has 1 aliphatic rings. The van der Waals surface area contributed by atoms with Crippen LogP contribution in [-0.4, -0.2) is 31.6 Å². The Morgan fingerprint density at radius 1 is 1.35 bits per heavy atom. The van der Waals surface area contributed by atoms with Gasteiger partial charge < -0.3 is 10.2 Å². The maximum absolute atomic E-state index is 14.3. The molecule has 1 saturated carbocycles. The zero-order chi connectivity index (χ0) is 14.8. The molecule has 1 aromatic rings. The van der Waals surface area contributed by atoms with Crippen molar-refractivity contribution in [3.05, 3.63) is 35.6 Å². The Bertz CT molecular complexity index is 446. The minimum atomic E-state index is -0.105. The lowest BCUT2D eigenvalue weighted by atomic mass is 9.69. The largest absolute Gasteiger partial charge is 0.311 e. The lowest BCUT2D eigenvalue weighted by molar-refractivity contribution is 0.0381. The van der Waals surface area contributed by atoms with Crippen LogP contribution in [0.4, 0.5) is 4.39 Å². The number of nitrogens with one attached hydrogen (secondary N) is 1. The third-order valence-corrected chi connectivity index (χ3v) is 4.94. The molecule has 0 bridgehead atoms. The van der Waals surface area contributed by atoms with E-state index in [0.717, 1.165) is 18.4 Å². The second-order valence-electron chi connectivity index (χ2n) is 6.44. The van der Waals surface area contributed by atoms with Gasteiger partial charge in [0.05, 0.1) is 6.04 Å². The summed E-state index contributed by atoms with van der Waals surface area (Å²) in [4.78, 5) is 2.30. The Morgan fingerprint density at radius 2 is 2.05 bits per heavy atom. The van der Waals surface area contributed by atoms with E-state index < -0.39 is 0 Å². The number of hydrogen-bond donors (Lipinski definition) is 1. The van der Waals surface area contributed by atoms with Crippen LogP contribution in [0.15, 0.2) is 24.3 Å². The van der Waals surface area contributed by atoms with Crippen molar-refractivity contribution in [3.63, 3.8) is 0 Å². The van der Waals surface area contributed by atoms with Gasteiger partial charge in [-0.2, -0.15) is 0 Å². The highest BCUT2D eigenvalue weighted by Gasteiger charge is 2.44. The number of nitrogens with zero attached hydrogens (tertiary/aromatic N) is 1. The van der Waals surface area contributed by atoms with E-state index >= 15 is 0 Å². The number of benzene rings is 1. The third-order valence-electron chi connectivity index (χ3n) is 4.94. The van der Waals surface area contributed by atoms with Crippen molar-refractivity contribution < 1.29 is 4.39 Å². The molecule has 3 unspecified atom stereocenters. The summed E-state index contributed by atoms with van der Waals surface area (Å²) >= 11 is 0. The van der Waals surface area contributed by atoms with Crippen LogP contribution < -0.4 is 5.32 Å². The molecule has 0 spiro atoms. The Labute approximate surface area is 122 Å². The standard InChI is InChI=1S/C17H27FN2/c1-13-8-7-11-17(12-13,20(3)4)16(19-2)14-9-5-6-10-15(14)18/h5-6,9-10,13,16,19H,7-8,11-12H2,1-4H3. The number of hydrogen-bond acceptors (Lipinski definition) is 2. The Hall–Kier alpha value is -0.930. The Morgan fingerprint density at radius 3 is 2.60 bits per heavy atom. The molecule has 20 heavy (non-hydrogen) atoms. The lowest BCUT2D eigenvalue weighted by Gasteiger charge is -2.50. The van der Waals surface area contributed by atoms with Gasteiger partial charge in [0.15, 0.2) is 0 Å². The van der Waals surface area contributed by atoms with Crippen LogP contribution in [0.5, 0.6) is 0 Å². The lowest BCUT2D eigenvalue weighted by Crippen LogP contribution is -2.55. The van der Waals surface area contributed by atoms with Crippen LogP contribution >= 0.6 is 0 Å². The predicted octanol–water partition coefficient (Wildman–Crippen LogP) is 3.60. The molecule has 0 aliphatic heterocycles. The SMILES string of the molecule is CNC(c1ccccc1F)C1(N(C)C)CCCC(C)C1. The summed E-state index contributed by atoms with van der Waals surface area (Å²) in [7, 11) is 6.20. The topological polar surface area (TPSA) is 15.3 Å². The summed E-state index contributed by atoms with van der Waals surface area (Å²) in [5.74, 6) is 0.583. The molecule has 1 fully saturated rings. The highest BCUT2D eigenvalue weighted by atomic mass is 19.1. The second-order valence-corrected chi connectivity index (χ2v) is 6.44. The van der Waals surface area contributed by atoms with Crippen LogP contribution in [0.25, 0.3) is 0 Å². The van der Waals surface area contributed by atoms with Gasteiger partial charge in [-0.1, -0.05) is 38.0 Å². The first-order chi connectivity index (χ1) is 9.51. The Balaban J connectivity index is 2.43. The predicted molar refractivity (Wildman–Crippen MR) is 82.3 cm³/mol. The van der Waals surface area contributed by atoms with Crippen LogP contribution in [0.1, 0.15) is 44.2 Å². The van der Waals surface area contributed by atoms with E-state index in [2.05, 4.69) is 31.2 Å². The third kappa shape index (κ3) is 2.75. The fraction of sp³-hybridized carbons (Fsp3) is 0.647. The molecule has 0 radical (unpaired) electrons. The monoisotopic (exact) mass is 278 g/mol. The average Bonchev–Trinajstić information content (AvgIpc) is 2.41. The van der Waals surface area contributed by atoms with E-state index in [0.29, 0.717) is 5.92 Å². The van der Waals surface area contributed by atoms with E-state index in [1.807, 2.05) is 19.2 Å². The van der Waals surface area contributed by atoms with Gasteiger partial charge in [0.1, 0.15) is 5.82 Å². The minimum absolute atomic E-state index is 0.00535. The molecule has 0 saturated heterocycles. The van der Waals surface area contributed by atoms with Gasteiger partial charge in [-0.05, 0) is 46.0 Å². The molecule has 1 aliphatic carbocycles. The molecular weight excluding hydrogens is 251 g/mol. The normalized spacial score (nSPS) is 28.6. The van der Waals surface area contributed by atoms with Gasteiger partial charge >= 0.3 is 0 Å². The molecular formula is C17H27FN2. The van der Waals surface area contributed by atoms with Crippen molar-refractivity contribution in [2.75, 3.05) is 21.1 Å². The maximum Gasteiger partial charge on any atom is 0.128 e. The molecule has 1 N–H and O–H groups in total. The number of rotatable bonds is 4. The van der Waals surface area contributed by atoms with Gasteiger partial charge in [0.2, 0.25) is 0 Å². The summed E-state index contributed by atoms with van der Waals surface area (Å²) in [6, 6.07) is 7.20. The van der Waals surface area contributed by atoms with Crippen molar-refractivity contribution in [3.8, 4) is 0 Å². The molecule has 112 valence electrons. The van der Waals surface area contributed by atoms with Crippen LogP contribution in [-0.2, 0) is 0 Å². The van der Waals surface area contributed by atoms with E-state index in [4.69, 9.17) is 0 Å². The number of halogens is 1. The van der Waals surface area contributed by atoms with E-state index in [-0.39, 0.29) is 17.4 Å². The van der Waals surface area contributed by atoms with Gasteiger partial charge in [-0.3, -0.25) is 0 Å². The summed E-state index contributed by atoms with van der Waals surface area (Å²) in [5, 5.41) is 3.39. The maximum atomic E-state index is 14.3. The molecule has 0 aromatic heterocycles. The first kappa shape index (κ1) is 15.5. The van der Waals surface area contributed by atoms with Gasteiger partial charge in [0, 0.05) is 11.1 Å². The Kier molecular flexibility index (Phi) is 4.82. The van der Waals surface area contributed by atoms with Crippen LogP contribution in [0.2, 0.25) is 0 Å². The molecule has 2 nitrogen and oxygen atoms in total. The molecule has 3 heteroatoms. The summed E-state index contributed by atoms with van der Waals surface area (Å²) in [6.07, 6.45) is 4.72. The van der Waals surface area contributed by atoms with Crippen molar-refractivity contribution >= 4 is 0 Å². The zero-order valence-electron chi connectivity index (χ0n) is 13.1. The van der Waals surface area contributed by atoms with Gasteiger partial charge in [0.25, 0.3) is 0 Å². The van der Waals surface area contributed by atoms with Crippen molar-refractivity contribution in [2.24, 2.45) is 5.92 Å². The average molecular weight is 278 g/mol. The first-order valence-electron chi connectivity index (χ1n) is 7.60. The minimum Gasteiger partial charge on any atom is -0.311 e.